The Morgan fingerprint density at radius 1 is 1.06 bits per heavy atom. The average Bonchev–Trinajstić information content (AvgIpc) is 3.54. The van der Waals surface area contributed by atoms with Crippen molar-refractivity contribution in [3.8, 4) is 11.3 Å². The normalized spacial score (nSPS) is 19.6. The predicted molar refractivity (Wildman–Crippen MR) is 136 cm³/mol. The number of aliphatic hydroxyl groups is 1. The molecule has 0 bridgehead atoms. The number of pyridine rings is 1. The first-order chi connectivity index (χ1) is 16.4. The van der Waals surface area contributed by atoms with E-state index in [1.807, 2.05) is 42.5 Å². The van der Waals surface area contributed by atoms with Crippen LogP contribution < -0.4 is 5.32 Å². The van der Waals surface area contributed by atoms with E-state index in [2.05, 4.69) is 10.3 Å². The third-order valence-electron chi connectivity index (χ3n) is 6.79. The highest BCUT2D eigenvalue weighted by Gasteiger charge is 2.51. The molecule has 1 saturated heterocycles. The number of hydrogen-bond donors (Lipinski definition) is 2. The van der Waals surface area contributed by atoms with E-state index in [0.29, 0.717) is 24.5 Å². The summed E-state index contributed by atoms with van der Waals surface area (Å²) in [5.41, 5.74) is 1.92. The van der Waals surface area contributed by atoms with Gasteiger partial charge in [-0.05, 0) is 55.5 Å². The third kappa shape index (κ3) is 4.13. The van der Waals surface area contributed by atoms with Gasteiger partial charge in [0.25, 0.3) is 0 Å². The van der Waals surface area contributed by atoms with Gasteiger partial charge in [0.1, 0.15) is 5.82 Å². The first-order valence-corrected chi connectivity index (χ1v) is 13.0. The zero-order valence-electron chi connectivity index (χ0n) is 18.7. The quantitative estimate of drug-likeness (QED) is 0.522. The van der Waals surface area contributed by atoms with Crippen LogP contribution in [0, 0.1) is 0 Å². The molecule has 3 aromatic rings. The second-order valence-electron chi connectivity index (χ2n) is 8.93. The summed E-state index contributed by atoms with van der Waals surface area (Å²) in [4.78, 5) is 17.8. The molecule has 8 heteroatoms. The van der Waals surface area contributed by atoms with Gasteiger partial charge in [-0.1, -0.05) is 48.5 Å². The first-order valence-electron chi connectivity index (χ1n) is 11.5. The highest BCUT2D eigenvalue weighted by Crippen LogP contribution is 2.48. The van der Waals surface area contributed by atoms with E-state index in [-0.39, 0.29) is 27.7 Å². The highest BCUT2D eigenvalue weighted by molar-refractivity contribution is 7.89. The molecule has 34 heavy (non-hydrogen) atoms. The smallest absolute Gasteiger partial charge is 0.243 e. The molecule has 5 rings (SSSR count). The number of rotatable bonds is 7. The molecule has 2 N–H and O–H groups in total. The zero-order valence-corrected chi connectivity index (χ0v) is 19.5. The lowest BCUT2D eigenvalue weighted by molar-refractivity contribution is -0.118. The summed E-state index contributed by atoms with van der Waals surface area (Å²) in [6, 6.07) is 21.4. The van der Waals surface area contributed by atoms with Crippen molar-refractivity contribution in [1.82, 2.24) is 9.29 Å². The molecule has 0 spiro atoms. The van der Waals surface area contributed by atoms with Gasteiger partial charge in [-0.25, -0.2) is 13.4 Å². The van der Waals surface area contributed by atoms with E-state index >= 15 is 0 Å². The molecule has 1 amide bonds. The highest BCUT2D eigenvalue weighted by atomic mass is 32.2. The van der Waals surface area contributed by atoms with Crippen molar-refractivity contribution in [1.29, 1.82) is 0 Å². The van der Waals surface area contributed by atoms with E-state index in [0.717, 1.165) is 30.4 Å². The molecule has 7 nitrogen and oxygen atoms in total. The van der Waals surface area contributed by atoms with Crippen molar-refractivity contribution in [3.05, 3.63) is 78.4 Å². The van der Waals surface area contributed by atoms with Gasteiger partial charge in [-0.2, -0.15) is 4.31 Å². The Hall–Kier alpha value is -3.07. The van der Waals surface area contributed by atoms with Gasteiger partial charge in [0, 0.05) is 22.4 Å². The Bertz CT molecular complexity index is 1300. The van der Waals surface area contributed by atoms with Crippen LogP contribution in [0.5, 0.6) is 0 Å². The Morgan fingerprint density at radius 3 is 2.47 bits per heavy atom. The van der Waals surface area contributed by atoms with Crippen LogP contribution >= 0.6 is 0 Å². The maximum atomic E-state index is 13.0. The van der Waals surface area contributed by atoms with E-state index in [1.165, 1.54) is 4.31 Å². The predicted octanol–water partition coefficient (Wildman–Crippen LogP) is 4.30. The number of carbonyl (C=O) groups excluding carboxylic acids is 1. The van der Waals surface area contributed by atoms with E-state index in [1.54, 1.807) is 30.3 Å². The van der Waals surface area contributed by atoms with Gasteiger partial charge in [-0.15, -0.1) is 0 Å². The number of aromatic nitrogens is 1. The number of benzene rings is 2. The van der Waals surface area contributed by atoms with E-state index in [4.69, 9.17) is 0 Å². The van der Waals surface area contributed by atoms with Crippen LogP contribution in [0.2, 0.25) is 0 Å². The number of sulfonamides is 1. The van der Waals surface area contributed by atoms with Crippen LogP contribution in [-0.4, -0.2) is 47.9 Å². The van der Waals surface area contributed by atoms with Crippen LogP contribution in [0.25, 0.3) is 11.3 Å². The maximum Gasteiger partial charge on any atom is 0.243 e. The lowest BCUT2D eigenvalue weighted by atomic mass is 9.95. The maximum absolute atomic E-state index is 13.0. The number of amides is 1. The second kappa shape index (κ2) is 8.94. The SMILES string of the molecule is O=C(Nc1cccc(-c2ccc(S(=O)(=O)N3CCC[C@@H]3CO)cc2)n1)C1(c2ccccc2)CC1.[HH].[HH].[HH]. The van der Waals surface area contributed by atoms with Crippen LogP contribution in [0.15, 0.2) is 77.7 Å². The van der Waals surface area contributed by atoms with Gasteiger partial charge in [0.05, 0.1) is 22.6 Å². The fourth-order valence-corrected chi connectivity index (χ4v) is 6.36. The molecule has 1 saturated carbocycles. The topological polar surface area (TPSA) is 99.6 Å². The Kier molecular flexibility index (Phi) is 5.97. The second-order valence-corrected chi connectivity index (χ2v) is 10.8. The van der Waals surface area contributed by atoms with Crippen LogP contribution in [0.4, 0.5) is 5.82 Å². The summed E-state index contributed by atoms with van der Waals surface area (Å²) in [6.45, 7) is 0.244. The average molecular weight is 484 g/mol. The van der Waals surface area contributed by atoms with Gasteiger partial charge in [-0.3, -0.25) is 4.79 Å². The molecule has 2 heterocycles. The number of carbonyl (C=O) groups is 1. The minimum absolute atomic E-state index is 0. The van der Waals surface area contributed by atoms with Crippen LogP contribution in [0.3, 0.4) is 0 Å². The van der Waals surface area contributed by atoms with Gasteiger partial charge in [0.15, 0.2) is 0 Å². The number of aliphatic hydroxyl groups excluding tert-OH is 1. The van der Waals surface area contributed by atoms with Gasteiger partial charge in [0.2, 0.25) is 15.9 Å². The molecule has 1 aliphatic heterocycles. The Balaban J connectivity index is 0.00000160. The molecular formula is C26H33N3O4S. The molecular weight excluding hydrogens is 450 g/mol. The van der Waals surface area contributed by atoms with Crippen molar-refractivity contribution in [2.24, 2.45) is 0 Å². The molecule has 2 fully saturated rings. The molecule has 0 unspecified atom stereocenters. The summed E-state index contributed by atoms with van der Waals surface area (Å²) in [5, 5.41) is 12.5. The van der Waals surface area contributed by atoms with Crippen LogP contribution in [-0.2, 0) is 20.2 Å². The molecule has 182 valence electrons. The molecule has 2 aliphatic rings. The Morgan fingerprint density at radius 2 is 1.79 bits per heavy atom. The summed E-state index contributed by atoms with van der Waals surface area (Å²) < 4.78 is 27.4. The van der Waals surface area contributed by atoms with E-state index < -0.39 is 15.4 Å². The first kappa shape index (κ1) is 22.7. The summed E-state index contributed by atoms with van der Waals surface area (Å²) in [6.07, 6.45) is 3.04. The van der Waals surface area contributed by atoms with Crippen molar-refractivity contribution in [3.63, 3.8) is 0 Å². The number of anilines is 1. The largest absolute Gasteiger partial charge is 0.395 e. The summed E-state index contributed by atoms with van der Waals surface area (Å²) in [5.74, 6) is 0.401. The summed E-state index contributed by atoms with van der Waals surface area (Å²) >= 11 is 0. The number of nitrogens with zero attached hydrogens (tertiary/aromatic N) is 2. The van der Waals surface area contributed by atoms with Crippen molar-refractivity contribution < 1.29 is 22.6 Å². The van der Waals surface area contributed by atoms with Crippen LogP contribution in [0.1, 0.15) is 35.5 Å². The zero-order chi connectivity index (χ0) is 23.8. The summed E-state index contributed by atoms with van der Waals surface area (Å²) in [7, 11) is -3.66. The minimum atomic E-state index is -3.66. The molecule has 1 aliphatic carbocycles. The molecule has 0 radical (unpaired) electrons. The fraction of sp³-hybridized carbons (Fsp3) is 0.308. The minimum Gasteiger partial charge on any atom is -0.395 e. The standard InChI is InChI=1S/C26H27N3O4S.3H2/c30-18-21-8-5-17-29(21)34(32,33)22-13-11-19(12-14-22)23-9-4-10-24(27-23)28-25(31)26(15-16-26)20-6-2-1-3-7-20;;;/h1-4,6-7,9-14,21,30H,5,8,15-18H2,(H,27,28,31);3*1H/t21-;;;/m1.../s1. The number of hydrogen-bond acceptors (Lipinski definition) is 5. The van der Waals surface area contributed by atoms with E-state index in [9.17, 15) is 18.3 Å². The lowest BCUT2D eigenvalue weighted by Gasteiger charge is -2.22. The third-order valence-corrected chi connectivity index (χ3v) is 8.76. The molecule has 1 atom stereocenters. The number of nitrogens with one attached hydrogen (secondary N) is 1. The fourth-order valence-electron chi connectivity index (χ4n) is 4.67. The van der Waals surface area contributed by atoms with Gasteiger partial charge >= 0.3 is 0 Å². The van der Waals surface area contributed by atoms with Crippen molar-refractivity contribution >= 4 is 21.7 Å². The molecule has 1 aromatic heterocycles. The van der Waals surface area contributed by atoms with Crippen molar-refractivity contribution in [2.75, 3.05) is 18.5 Å². The molecule has 2 aromatic carbocycles. The monoisotopic (exact) mass is 483 g/mol. The Labute approximate surface area is 204 Å². The van der Waals surface area contributed by atoms with Gasteiger partial charge < -0.3 is 10.4 Å². The lowest BCUT2D eigenvalue weighted by Crippen LogP contribution is -2.37. The van der Waals surface area contributed by atoms with Crippen molar-refractivity contribution in [2.45, 2.75) is 42.0 Å².